The van der Waals surface area contributed by atoms with Crippen LogP contribution in [0.25, 0.3) is 44.6 Å². The Bertz CT molecular complexity index is 1180. The van der Waals surface area contributed by atoms with Gasteiger partial charge in [-0.3, -0.25) is 4.98 Å². The Hall–Kier alpha value is -3.41. The van der Waals surface area contributed by atoms with Crippen molar-refractivity contribution < 1.29 is 4.42 Å². The molecule has 0 fully saturated rings. The Morgan fingerprint density at radius 1 is 0.739 bits per heavy atom. The van der Waals surface area contributed by atoms with Gasteiger partial charge in [-0.25, -0.2) is 19.9 Å². The molecule has 0 bridgehead atoms. The van der Waals surface area contributed by atoms with Crippen molar-refractivity contribution in [1.29, 1.82) is 0 Å². The van der Waals surface area contributed by atoms with E-state index < -0.39 is 0 Å². The Balaban J connectivity index is 1.84. The van der Waals surface area contributed by atoms with Gasteiger partial charge in [0.25, 0.3) is 0 Å². The van der Waals surface area contributed by atoms with E-state index >= 15 is 0 Å². The molecule has 6 nitrogen and oxygen atoms in total. The van der Waals surface area contributed by atoms with Gasteiger partial charge in [0.1, 0.15) is 5.69 Å². The van der Waals surface area contributed by atoms with Gasteiger partial charge in [0, 0.05) is 24.0 Å². The zero-order valence-corrected chi connectivity index (χ0v) is 11.8. The smallest absolute Gasteiger partial charge is 0.249 e. The van der Waals surface area contributed by atoms with E-state index in [0.717, 1.165) is 16.5 Å². The molecular weight excluding hydrogens is 290 g/mol. The lowest BCUT2D eigenvalue weighted by Crippen LogP contribution is -1.91. The van der Waals surface area contributed by atoms with E-state index in [-0.39, 0.29) is 0 Å². The lowest BCUT2D eigenvalue weighted by molar-refractivity contribution is 0.638. The van der Waals surface area contributed by atoms with Crippen LogP contribution >= 0.6 is 0 Å². The van der Waals surface area contributed by atoms with Gasteiger partial charge in [0.05, 0.1) is 11.9 Å². The van der Waals surface area contributed by atoms with Crippen molar-refractivity contribution in [1.82, 2.24) is 24.9 Å². The minimum Gasteiger partial charge on any atom is -0.416 e. The first kappa shape index (κ1) is 12.2. The summed E-state index contributed by atoms with van der Waals surface area (Å²) in [7, 11) is 0. The number of benzene rings is 1. The summed E-state index contributed by atoms with van der Waals surface area (Å²) >= 11 is 0. The summed E-state index contributed by atoms with van der Waals surface area (Å²) in [6.07, 6.45) is 6.63. The highest BCUT2D eigenvalue weighted by atomic mass is 16.3. The molecule has 4 aromatic heterocycles. The molecule has 4 heterocycles. The first-order valence-corrected chi connectivity index (χ1v) is 7.10. The van der Waals surface area contributed by atoms with Crippen LogP contribution in [0.15, 0.2) is 59.5 Å². The first-order valence-electron chi connectivity index (χ1n) is 7.10. The first-order chi connectivity index (χ1) is 11.4. The van der Waals surface area contributed by atoms with Gasteiger partial charge in [0.2, 0.25) is 11.4 Å². The molecule has 0 amide bonds. The monoisotopic (exact) mass is 299 g/mol. The molecule has 0 unspecified atom stereocenters. The SMILES string of the molecule is c1ccc2c(-c3cnc4oc5nccnc5c4n3)nccc2c1. The minimum absolute atomic E-state index is 0.426. The van der Waals surface area contributed by atoms with Crippen molar-refractivity contribution in [3.63, 3.8) is 0 Å². The van der Waals surface area contributed by atoms with Crippen LogP contribution < -0.4 is 0 Å². The lowest BCUT2D eigenvalue weighted by atomic mass is 10.1. The highest BCUT2D eigenvalue weighted by Gasteiger charge is 2.14. The topological polar surface area (TPSA) is 77.6 Å². The van der Waals surface area contributed by atoms with Gasteiger partial charge in [-0.1, -0.05) is 24.3 Å². The highest BCUT2D eigenvalue weighted by molar-refractivity contribution is 5.98. The molecule has 108 valence electrons. The van der Waals surface area contributed by atoms with Gasteiger partial charge in [0.15, 0.2) is 11.0 Å². The number of furan rings is 1. The quantitative estimate of drug-likeness (QED) is 0.472. The Morgan fingerprint density at radius 3 is 2.61 bits per heavy atom. The predicted molar refractivity (Wildman–Crippen MR) is 85.6 cm³/mol. The molecule has 5 aromatic rings. The van der Waals surface area contributed by atoms with Gasteiger partial charge >= 0.3 is 0 Å². The zero-order chi connectivity index (χ0) is 15.2. The molecule has 0 radical (unpaired) electrons. The predicted octanol–water partition coefficient (Wildman–Crippen LogP) is 3.38. The Kier molecular flexibility index (Phi) is 2.40. The van der Waals surface area contributed by atoms with Crippen molar-refractivity contribution in [2.75, 3.05) is 0 Å². The summed E-state index contributed by atoms with van der Waals surface area (Å²) in [5.74, 6) is 0. The maximum absolute atomic E-state index is 5.56. The van der Waals surface area contributed by atoms with Crippen LogP contribution in [0.3, 0.4) is 0 Å². The minimum atomic E-state index is 0.426. The molecular formula is C17H9N5O. The van der Waals surface area contributed by atoms with Crippen molar-refractivity contribution in [3.8, 4) is 11.4 Å². The third kappa shape index (κ3) is 1.78. The third-order valence-corrected chi connectivity index (χ3v) is 3.74. The second-order valence-electron chi connectivity index (χ2n) is 5.10. The summed E-state index contributed by atoms with van der Waals surface area (Å²) < 4.78 is 5.56. The van der Waals surface area contributed by atoms with Gasteiger partial charge in [-0.05, 0) is 11.5 Å². The second kappa shape index (κ2) is 4.54. The molecule has 0 saturated heterocycles. The van der Waals surface area contributed by atoms with Crippen molar-refractivity contribution in [3.05, 3.63) is 55.1 Å². The van der Waals surface area contributed by atoms with E-state index in [1.807, 2.05) is 30.3 Å². The van der Waals surface area contributed by atoms with Crippen molar-refractivity contribution >= 4 is 33.2 Å². The molecule has 0 aliphatic carbocycles. The summed E-state index contributed by atoms with van der Waals surface area (Å²) in [6.45, 7) is 0. The van der Waals surface area contributed by atoms with Crippen LogP contribution in [0.4, 0.5) is 0 Å². The number of fused-ring (bicyclic) bond motifs is 4. The number of rotatable bonds is 1. The van der Waals surface area contributed by atoms with Crippen LogP contribution in [0.1, 0.15) is 0 Å². The normalized spacial score (nSPS) is 11.5. The summed E-state index contributed by atoms with van der Waals surface area (Å²) in [6, 6.07) is 10.0. The maximum Gasteiger partial charge on any atom is 0.249 e. The maximum atomic E-state index is 5.56. The van der Waals surface area contributed by atoms with Gasteiger partial charge in [-0.2, -0.15) is 0 Å². The average Bonchev–Trinajstić information content (AvgIpc) is 2.99. The fourth-order valence-electron chi connectivity index (χ4n) is 2.70. The molecule has 5 rings (SSSR count). The number of hydrogen-bond donors (Lipinski definition) is 0. The molecule has 0 spiro atoms. The highest BCUT2D eigenvalue weighted by Crippen LogP contribution is 2.28. The fraction of sp³-hybridized carbons (Fsp3) is 0. The van der Waals surface area contributed by atoms with E-state index in [9.17, 15) is 0 Å². The third-order valence-electron chi connectivity index (χ3n) is 3.74. The van der Waals surface area contributed by atoms with Crippen LogP contribution in [-0.2, 0) is 0 Å². The average molecular weight is 299 g/mol. The second-order valence-corrected chi connectivity index (χ2v) is 5.10. The zero-order valence-electron chi connectivity index (χ0n) is 11.8. The van der Waals surface area contributed by atoms with Crippen molar-refractivity contribution in [2.24, 2.45) is 0 Å². The van der Waals surface area contributed by atoms with Crippen molar-refractivity contribution in [2.45, 2.75) is 0 Å². The van der Waals surface area contributed by atoms with Gasteiger partial charge < -0.3 is 4.42 Å². The van der Waals surface area contributed by atoms with E-state index in [1.165, 1.54) is 0 Å². The fourth-order valence-corrected chi connectivity index (χ4v) is 2.70. The summed E-state index contributed by atoms with van der Waals surface area (Å²) in [5.41, 5.74) is 3.54. The number of hydrogen-bond acceptors (Lipinski definition) is 6. The standard InChI is InChI=1S/C17H9N5O/c1-2-4-11-10(3-1)5-6-18-13(11)12-9-21-17-15(22-12)14-16(23-17)20-8-7-19-14/h1-9H. The molecule has 0 aliphatic rings. The lowest BCUT2D eigenvalue weighted by Gasteiger charge is -2.04. The van der Waals surface area contributed by atoms with E-state index in [0.29, 0.717) is 28.2 Å². The molecule has 0 N–H and O–H groups in total. The van der Waals surface area contributed by atoms with E-state index in [4.69, 9.17) is 4.42 Å². The summed E-state index contributed by atoms with van der Waals surface area (Å²) in [5, 5.41) is 2.14. The van der Waals surface area contributed by atoms with Gasteiger partial charge in [-0.15, -0.1) is 0 Å². The molecule has 23 heavy (non-hydrogen) atoms. The van der Waals surface area contributed by atoms with E-state index in [2.05, 4.69) is 24.9 Å². The number of aromatic nitrogens is 5. The van der Waals surface area contributed by atoms with Crippen LogP contribution in [0.2, 0.25) is 0 Å². The van der Waals surface area contributed by atoms with Crippen LogP contribution in [0, 0.1) is 0 Å². The Labute approximate surface area is 129 Å². The number of pyridine rings is 1. The van der Waals surface area contributed by atoms with Crippen LogP contribution in [0.5, 0.6) is 0 Å². The molecule has 0 aliphatic heterocycles. The van der Waals surface area contributed by atoms with Crippen LogP contribution in [-0.4, -0.2) is 24.9 Å². The molecule has 1 aromatic carbocycles. The largest absolute Gasteiger partial charge is 0.416 e. The molecule has 0 saturated carbocycles. The Morgan fingerprint density at radius 2 is 1.61 bits per heavy atom. The summed E-state index contributed by atoms with van der Waals surface area (Å²) in [4.78, 5) is 21.9. The number of nitrogens with zero attached hydrogens (tertiary/aromatic N) is 5. The van der Waals surface area contributed by atoms with E-state index in [1.54, 1.807) is 24.8 Å². The molecule has 6 heteroatoms. The molecule has 0 atom stereocenters.